The summed E-state index contributed by atoms with van der Waals surface area (Å²) in [6.45, 7) is 0. The second-order valence-electron chi connectivity index (χ2n) is 2.06. The van der Waals surface area contributed by atoms with Crippen molar-refractivity contribution in [2.24, 2.45) is 0 Å². The van der Waals surface area contributed by atoms with Crippen molar-refractivity contribution in [2.45, 2.75) is 6.10 Å². The van der Waals surface area contributed by atoms with E-state index < -0.39 is 6.10 Å². The molecule has 1 atom stereocenters. The highest BCUT2D eigenvalue weighted by molar-refractivity contribution is 9.17. The predicted molar refractivity (Wildman–Crippen MR) is 60.8 cm³/mol. The maximum atomic E-state index is 11.2. The van der Waals surface area contributed by atoms with Gasteiger partial charge in [-0.3, -0.25) is 4.79 Å². The molecule has 0 bridgehead atoms. The number of halogens is 4. The van der Waals surface area contributed by atoms with Crippen LogP contribution in [0.3, 0.4) is 0 Å². The number of aliphatic hydroxyl groups excluding tert-OH is 1. The van der Waals surface area contributed by atoms with Gasteiger partial charge in [0.2, 0.25) is 5.78 Å². The van der Waals surface area contributed by atoms with Gasteiger partial charge in [-0.2, -0.15) is 0 Å². The lowest BCUT2D eigenvalue weighted by atomic mass is 10.1. The molecule has 0 saturated heterocycles. The van der Waals surface area contributed by atoms with E-state index in [9.17, 15) is 9.90 Å². The molecule has 1 rings (SSSR count). The van der Waals surface area contributed by atoms with Crippen LogP contribution in [-0.2, 0) is 4.79 Å². The molecule has 0 aliphatic heterocycles. The minimum absolute atomic E-state index is 0.338. The van der Waals surface area contributed by atoms with Crippen LogP contribution in [0.15, 0.2) is 17.9 Å². The molecule has 1 aliphatic carbocycles. The Balaban J connectivity index is 3.27. The highest BCUT2D eigenvalue weighted by Crippen LogP contribution is 2.40. The summed E-state index contributed by atoms with van der Waals surface area (Å²) in [6, 6.07) is 0. The summed E-state index contributed by atoms with van der Waals surface area (Å²) in [7, 11) is 0. The van der Waals surface area contributed by atoms with Crippen molar-refractivity contribution in [1.29, 1.82) is 0 Å². The largest absolute Gasteiger partial charge is 0.380 e. The van der Waals surface area contributed by atoms with Gasteiger partial charge in [0, 0.05) is 8.96 Å². The van der Waals surface area contributed by atoms with Crippen LogP contribution in [0.2, 0.25) is 0 Å². The van der Waals surface area contributed by atoms with Crippen molar-refractivity contribution in [1.82, 2.24) is 0 Å². The average Bonchev–Trinajstić information content (AvgIpc) is 2.08. The maximum Gasteiger partial charge on any atom is 0.204 e. The molecular weight excluding hydrogens is 424 g/mol. The standard InChI is InChI=1S/C6H2Br4O2/c7-1-2(8)4(10)6(12)5(11)3(1)9/h5,11H. The van der Waals surface area contributed by atoms with Crippen molar-refractivity contribution < 1.29 is 9.90 Å². The van der Waals surface area contributed by atoms with Gasteiger partial charge in [-0.15, -0.1) is 0 Å². The second kappa shape index (κ2) is 4.04. The summed E-state index contributed by atoms with van der Waals surface area (Å²) in [5, 5.41) is 9.34. The van der Waals surface area contributed by atoms with Gasteiger partial charge >= 0.3 is 0 Å². The van der Waals surface area contributed by atoms with Crippen LogP contribution >= 0.6 is 63.7 Å². The average molecular weight is 426 g/mol. The Morgan fingerprint density at radius 1 is 1.00 bits per heavy atom. The van der Waals surface area contributed by atoms with Crippen molar-refractivity contribution in [3.63, 3.8) is 0 Å². The minimum Gasteiger partial charge on any atom is -0.380 e. The second-order valence-corrected chi connectivity index (χ2v) is 5.29. The molecule has 6 heteroatoms. The fourth-order valence-corrected chi connectivity index (χ4v) is 2.84. The first-order chi connectivity index (χ1) is 5.46. The monoisotopic (exact) mass is 422 g/mol. The third-order valence-electron chi connectivity index (χ3n) is 1.30. The van der Waals surface area contributed by atoms with E-state index in [0.717, 1.165) is 0 Å². The Morgan fingerprint density at radius 3 is 2.00 bits per heavy atom. The number of hydrogen-bond acceptors (Lipinski definition) is 2. The van der Waals surface area contributed by atoms with Crippen molar-refractivity contribution >= 4 is 69.5 Å². The zero-order chi connectivity index (χ0) is 9.46. The number of ketones is 1. The van der Waals surface area contributed by atoms with Gasteiger partial charge in [-0.05, 0) is 47.8 Å². The molecule has 2 nitrogen and oxygen atoms in total. The van der Waals surface area contributed by atoms with Crippen molar-refractivity contribution in [2.75, 3.05) is 0 Å². The van der Waals surface area contributed by atoms with E-state index in [2.05, 4.69) is 63.7 Å². The van der Waals surface area contributed by atoms with Gasteiger partial charge in [0.25, 0.3) is 0 Å². The molecule has 0 spiro atoms. The molecule has 0 saturated carbocycles. The molecule has 1 N–H and O–H groups in total. The first-order valence-corrected chi connectivity index (χ1v) is 5.97. The topological polar surface area (TPSA) is 37.3 Å². The molecule has 0 amide bonds. The van der Waals surface area contributed by atoms with Crippen molar-refractivity contribution in [3.05, 3.63) is 17.9 Å². The van der Waals surface area contributed by atoms with E-state index in [-0.39, 0.29) is 5.78 Å². The summed E-state index contributed by atoms with van der Waals surface area (Å²) < 4.78 is 2.01. The minimum atomic E-state index is -1.12. The predicted octanol–water partition coefficient (Wildman–Crippen LogP) is 2.93. The summed E-state index contributed by atoms with van der Waals surface area (Å²) in [4.78, 5) is 11.2. The smallest absolute Gasteiger partial charge is 0.204 e. The SMILES string of the molecule is O=C1C(Br)=C(Br)C(Br)=C(Br)C1O. The fourth-order valence-electron chi connectivity index (χ4n) is 0.665. The molecule has 0 fully saturated rings. The van der Waals surface area contributed by atoms with E-state index in [1.807, 2.05) is 0 Å². The Labute approximate surface area is 103 Å². The summed E-state index contributed by atoms with van der Waals surface area (Å²) >= 11 is 12.6. The number of rotatable bonds is 0. The van der Waals surface area contributed by atoms with Gasteiger partial charge in [-0.1, -0.05) is 15.9 Å². The molecule has 0 aromatic carbocycles. The molecule has 66 valence electrons. The van der Waals surface area contributed by atoms with Crippen LogP contribution in [0.4, 0.5) is 0 Å². The first kappa shape index (κ1) is 11.1. The highest BCUT2D eigenvalue weighted by Gasteiger charge is 2.30. The van der Waals surface area contributed by atoms with Gasteiger partial charge in [0.15, 0.2) is 6.10 Å². The normalized spacial score (nSPS) is 25.4. The third kappa shape index (κ3) is 1.77. The number of hydrogen-bond donors (Lipinski definition) is 1. The van der Waals surface area contributed by atoms with Gasteiger partial charge in [0.1, 0.15) is 0 Å². The summed E-state index contributed by atoms with van der Waals surface area (Å²) in [5.41, 5.74) is 0. The van der Waals surface area contributed by atoms with E-state index in [1.54, 1.807) is 0 Å². The van der Waals surface area contributed by atoms with Crippen molar-refractivity contribution in [3.8, 4) is 0 Å². The van der Waals surface area contributed by atoms with Crippen LogP contribution in [0.5, 0.6) is 0 Å². The van der Waals surface area contributed by atoms with E-state index in [1.165, 1.54) is 0 Å². The summed E-state index contributed by atoms with van der Waals surface area (Å²) in [5.74, 6) is -0.364. The Bertz CT molecular complexity index is 305. The lowest BCUT2D eigenvalue weighted by Gasteiger charge is -2.17. The molecular formula is C6H2Br4O2. The first-order valence-electron chi connectivity index (χ1n) is 2.80. The fraction of sp³-hybridized carbons (Fsp3) is 0.167. The number of aliphatic hydroxyl groups is 1. The van der Waals surface area contributed by atoms with Crippen LogP contribution in [0.1, 0.15) is 0 Å². The van der Waals surface area contributed by atoms with Gasteiger partial charge in [0.05, 0.1) is 8.96 Å². The van der Waals surface area contributed by atoms with Crippen LogP contribution in [-0.4, -0.2) is 17.0 Å². The quantitative estimate of drug-likeness (QED) is 0.648. The zero-order valence-electron chi connectivity index (χ0n) is 5.44. The Kier molecular flexibility index (Phi) is 3.74. The maximum absolute atomic E-state index is 11.2. The molecule has 0 heterocycles. The van der Waals surface area contributed by atoms with E-state index >= 15 is 0 Å². The zero-order valence-corrected chi connectivity index (χ0v) is 11.8. The third-order valence-corrected chi connectivity index (χ3v) is 6.13. The molecule has 12 heavy (non-hydrogen) atoms. The number of carbonyl (C=O) groups is 1. The lowest BCUT2D eigenvalue weighted by molar-refractivity contribution is -0.120. The number of allylic oxidation sites excluding steroid dienone is 2. The molecule has 1 aliphatic rings. The van der Waals surface area contributed by atoms with E-state index in [4.69, 9.17) is 0 Å². The molecule has 1 unspecified atom stereocenters. The number of carbonyl (C=O) groups excluding carboxylic acids is 1. The van der Waals surface area contributed by atoms with Crippen LogP contribution < -0.4 is 0 Å². The molecule has 0 radical (unpaired) electrons. The lowest BCUT2D eigenvalue weighted by Crippen LogP contribution is -2.24. The number of Topliss-reactive ketones (excluding diaryl/α,β-unsaturated/α-hetero) is 1. The van der Waals surface area contributed by atoms with Crippen LogP contribution in [0.25, 0.3) is 0 Å². The molecule has 0 aromatic heterocycles. The van der Waals surface area contributed by atoms with Gasteiger partial charge in [-0.25, -0.2) is 0 Å². The van der Waals surface area contributed by atoms with E-state index in [0.29, 0.717) is 17.9 Å². The van der Waals surface area contributed by atoms with Gasteiger partial charge < -0.3 is 5.11 Å². The summed E-state index contributed by atoms with van der Waals surface area (Å²) in [6.07, 6.45) is -1.12. The molecule has 0 aromatic rings. The Hall–Kier alpha value is 1.03. The Morgan fingerprint density at radius 2 is 1.50 bits per heavy atom. The van der Waals surface area contributed by atoms with Crippen LogP contribution in [0, 0.1) is 0 Å². The highest BCUT2D eigenvalue weighted by atomic mass is 79.9.